The summed E-state index contributed by atoms with van der Waals surface area (Å²) >= 11 is 3.28. The molecule has 0 atom stereocenters. The van der Waals surface area contributed by atoms with Crippen molar-refractivity contribution < 1.29 is 9.18 Å². The highest BCUT2D eigenvalue weighted by Gasteiger charge is 2.07. The van der Waals surface area contributed by atoms with E-state index in [2.05, 4.69) is 26.5 Å². The molecule has 0 unspecified atom stereocenters. The molecule has 2 aromatic rings. The van der Waals surface area contributed by atoms with Crippen LogP contribution in [0.15, 0.2) is 58.1 Å². The Morgan fingerprint density at radius 2 is 2.00 bits per heavy atom. The molecule has 0 saturated heterocycles. The molecule has 0 spiro atoms. The minimum Gasteiger partial charge on any atom is -0.267 e. The van der Waals surface area contributed by atoms with Gasteiger partial charge in [-0.15, -0.1) is 0 Å². The maximum Gasteiger partial charge on any atom is 0.272 e. The van der Waals surface area contributed by atoms with Crippen LogP contribution in [0.5, 0.6) is 0 Å². The number of hydrogen-bond donors (Lipinski definition) is 1. The minimum atomic E-state index is -0.346. The van der Waals surface area contributed by atoms with E-state index in [1.807, 2.05) is 6.07 Å². The van der Waals surface area contributed by atoms with Crippen molar-refractivity contribution >= 4 is 28.1 Å². The number of halogens is 2. The topological polar surface area (TPSA) is 41.5 Å². The molecule has 0 heterocycles. The van der Waals surface area contributed by atoms with Gasteiger partial charge in [-0.25, -0.2) is 9.82 Å². The third kappa shape index (κ3) is 3.72. The quantitative estimate of drug-likeness (QED) is 0.684. The molecule has 96 valence electrons. The fourth-order valence-corrected chi connectivity index (χ4v) is 1.92. The molecule has 2 aromatic carbocycles. The highest BCUT2D eigenvalue weighted by atomic mass is 79.9. The van der Waals surface area contributed by atoms with Gasteiger partial charge in [0.25, 0.3) is 5.91 Å². The van der Waals surface area contributed by atoms with Crippen molar-refractivity contribution in [2.24, 2.45) is 5.10 Å². The molecule has 0 fully saturated rings. The maximum atomic E-state index is 12.9. The summed E-state index contributed by atoms with van der Waals surface area (Å²) in [6.45, 7) is 0. The number of nitrogens with zero attached hydrogens (tertiary/aromatic N) is 1. The van der Waals surface area contributed by atoms with Crippen LogP contribution in [0.4, 0.5) is 4.39 Å². The second kappa shape index (κ2) is 6.24. The van der Waals surface area contributed by atoms with Crippen LogP contribution >= 0.6 is 15.9 Å². The lowest BCUT2D eigenvalue weighted by molar-refractivity contribution is 0.0954. The number of benzene rings is 2. The summed E-state index contributed by atoms with van der Waals surface area (Å²) in [4.78, 5) is 11.8. The Morgan fingerprint density at radius 3 is 2.74 bits per heavy atom. The summed E-state index contributed by atoms with van der Waals surface area (Å²) < 4.78 is 13.6. The lowest BCUT2D eigenvalue weighted by atomic mass is 10.2. The maximum absolute atomic E-state index is 12.9. The van der Waals surface area contributed by atoms with Crippen LogP contribution in [0, 0.1) is 5.82 Å². The average molecular weight is 321 g/mol. The molecule has 0 bridgehead atoms. The number of rotatable bonds is 3. The van der Waals surface area contributed by atoms with E-state index in [0.717, 1.165) is 0 Å². The predicted octanol–water partition coefficient (Wildman–Crippen LogP) is 3.35. The molecule has 0 aliphatic rings. The van der Waals surface area contributed by atoms with E-state index < -0.39 is 0 Å². The Kier molecular flexibility index (Phi) is 4.41. The Bertz CT molecular complexity index is 628. The highest BCUT2D eigenvalue weighted by molar-refractivity contribution is 9.10. The van der Waals surface area contributed by atoms with Crippen molar-refractivity contribution in [1.82, 2.24) is 5.43 Å². The van der Waals surface area contributed by atoms with Crippen LogP contribution in [0.25, 0.3) is 0 Å². The molecule has 0 saturated carbocycles. The Hall–Kier alpha value is -2.01. The molecule has 0 radical (unpaired) electrons. The van der Waals surface area contributed by atoms with Crippen molar-refractivity contribution in [3.05, 3.63) is 69.9 Å². The van der Waals surface area contributed by atoms with Gasteiger partial charge in [-0.05, 0) is 45.8 Å². The van der Waals surface area contributed by atoms with E-state index in [-0.39, 0.29) is 11.7 Å². The predicted molar refractivity (Wildman–Crippen MR) is 75.6 cm³/mol. The van der Waals surface area contributed by atoms with Gasteiger partial charge in [0.15, 0.2) is 0 Å². The van der Waals surface area contributed by atoms with E-state index >= 15 is 0 Å². The fraction of sp³-hybridized carbons (Fsp3) is 0. The number of amides is 1. The van der Waals surface area contributed by atoms with Gasteiger partial charge >= 0.3 is 0 Å². The molecule has 0 aliphatic carbocycles. The molecule has 0 aliphatic heterocycles. The van der Waals surface area contributed by atoms with Gasteiger partial charge in [0.1, 0.15) is 5.82 Å². The average Bonchev–Trinajstić information content (AvgIpc) is 2.39. The Balaban J connectivity index is 2.03. The van der Waals surface area contributed by atoms with Gasteiger partial charge < -0.3 is 0 Å². The lowest BCUT2D eigenvalue weighted by Crippen LogP contribution is -2.18. The summed E-state index contributed by atoms with van der Waals surface area (Å²) in [6.07, 6.45) is 1.39. The van der Waals surface area contributed by atoms with Crippen LogP contribution in [0.2, 0.25) is 0 Å². The van der Waals surface area contributed by atoms with Crippen molar-refractivity contribution in [1.29, 1.82) is 0 Å². The van der Waals surface area contributed by atoms with Gasteiger partial charge in [0.2, 0.25) is 0 Å². The van der Waals surface area contributed by atoms with Gasteiger partial charge in [-0.1, -0.05) is 24.3 Å². The third-order valence-corrected chi connectivity index (χ3v) is 3.04. The normalized spacial score (nSPS) is 10.6. The summed E-state index contributed by atoms with van der Waals surface area (Å²) in [5, 5.41) is 3.79. The zero-order chi connectivity index (χ0) is 13.7. The van der Waals surface area contributed by atoms with E-state index in [4.69, 9.17) is 0 Å². The molecule has 5 heteroatoms. The third-order valence-electron chi connectivity index (χ3n) is 2.35. The zero-order valence-corrected chi connectivity index (χ0v) is 11.4. The molecule has 2 rings (SSSR count). The monoisotopic (exact) mass is 320 g/mol. The van der Waals surface area contributed by atoms with Crippen LogP contribution in [0.1, 0.15) is 15.9 Å². The Labute approximate surface area is 118 Å². The first-order valence-corrected chi connectivity index (χ1v) is 6.29. The molecular formula is C14H10BrFN2O. The minimum absolute atomic E-state index is 0.333. The summed E-state index contributed by atoms with van der Waals surface area (Å²) in [5.74, 6) is -0.679. The number of nitrogens with one attached hydrogen (secondary N) is 1. The largest absolute Gasteiger partial charge is 0.272 e. The zero-order valence-electron chi connectivity index (χ0n) is 9.81. The molecule has 19 heavy (non-hydrogen) atoms. The van der Waals surface area contributed by atoms with Crippen molar-refractivity contribution in [2.45, 2.75) is 0 Å². The smallest absolute Gasteiger partial charge is 0.267 e. The first-order valence-electron chi connectivity index (χ1n) is 5.50. The first kappa shape index (κ1) is 13.4. The Morgan fingerprint density at radius 1 is 1.21 bits per heavy atom. The fourth-order valence-electron chi connectivity index (χ4n) is 1.46. The highest BCUT2D eigenvalue weighted by Crippen LogP contribution is 2.15. The van der Waals surface area contributed by atoms with Crippen molar-refractivity contribution in [2.75, 3.05) is 0 Å². The first-order chi connectivity index (χ1) is 9.16. The second-order valence-corrected chi connectivity index (χ2v) is 4.59. The van der Waals surface area contributed by atoms with Crippen molar-refractivity contribution in [3.8, 4) is 0 Å². The second-order valence-electron chi connectivity index (χ2n) is 3.73. The van der Waals surface area contributed by atoms with Gasteiger partial charge in [0, 0.05) is 4.47 Å². The summed E-state index contributed by atoms with van der Waals surface area (Å²) in [5.41, 5.74) is 3.45. The molecule has 1 amide bonds. The molecular weight excluding hydrogens is 311 g/mol. The summed E-state index contributed by atoms with van der Waals surface area (Å²) in [7, 11) is 0. The molecule has 0 aromatic heterocycles. The number of carbonyl (C=O) groups excluding carboxylic acids is 1. The van der Waals surface area contributed by atoms with E-state index in [0.29, 0.717) is 15.6 Å². The van der Waals surface area contributed by atoms with Crippen LogP contribution in [-0.2, 0) is 0 Å². The van der Waals surface area contributed by atoms with E-state index in [1.165, 1.54) is 18.3 Å². The van der Waals surface area contributed by atoms with Crippen molar-refractivity contribution in [3.63, 3.8) is 0 Å². The van der Waals surface area contributed by atoms with Crippen LogP contribution < -0.4 is 5.43 Å². The molecule has 3 nitrogen and oxygen atoms in total. The van der Waals surface area contributed by atoms with Gasteiger partial charge in [-0.3, -0.25) is 4.79 Å². The molecule has 1 N–H and O–H groups in total. The standard InChI is InChI=1S/C14H10BrFN2O/c15-13-7-2-1-6-12(13)14(19)18-17-9-10-4-3-5-11(16)8-10/h1-9H,(H,18,19)/b17-9+. The number of carbonyl (C=O) groups is 1. The van der Waals surface area contributed by atoms with E-state index in [9.17, 15) is 9.18 Å². The number of hydrazone groups is 1. The lowest BCUT2D eigenvalue weighted by Gasteiger charge is -2.01. The van der Waals surface area contributed by atoms with Crippen LogP contribution in [0.3, 0.4) is 0 Å². The SMILES string of the molecule is O=C(N/N=C/c1cccc(F)c1)c1ccccc1Br. The van der Waals surface area contributed by atoms with E-state index in [1.54, 1.807) is 30.3 Å². The van der Waals surface area contributed by atoms with Gasteiger partial charge in [0.05, 0.1) is 11.8 Å². The number of hydrogen-bond acceptors (Lipinski definition) is 2. The van der Waals surface area contributed by atoms with Crippen LogP contribution in [-0.4, -0.2) is 12.1 Å². The van der Waals surface area contributed by atoms with Gasteiger partial charge in [-0.2, -0.15) is 5.10 Å². The summed E-state index contributed by atoms with van der Waals surface area (Å²) in [6, 6.07) is 13.0.